The van der Waals surface area contributed by atoms with E-state index in [1.165, 1.54) is 0 Å². The average molecular weight is 243 g/mol. The van der Waals surface area contributed by atoms with Gasteiger partial charge in [-0.1, -0.05) is 12.1 Å². The number of benzene rings is 1. The molecule has 0 saturated heterocycles. The van der Waals surface area contributed by atoms with E-state index in [-0.39, 0.29) is 4.69 Å². The number of carbonyl (C=O) groups excluding carboxylic acids is 1. The summed E-state index contributed by atoms with van der Waals surface area (Å²) in [6.07, 6.45) is 0.423. The van der Waals surface area contributed by atoms with E-state index in [0.717, 1.165) is 11.3 Å². The summed E-state index contributed by atoms with van der Waals surface area (Å²) in [5, 5.41) is 0. The first kappa shape index (κ1) is 10.3. The molecule has 0 bridgehead atoms. The first-order valence-electron chi connectivity index (χ1n) is 4.12. The molecule has 0 N–H and O–H groups in total. The monoisotopic (exact) mass is 242 g/mol. The number of hydrogen-bond acceptors (Lipinski definition) is 2. The Balaban J connectivity index is 2.64. The van der Waals surface area contributed by atoms with Gasteiger partial charge < -0.3 is 4.74 Å². The Bertz CT molecular complexity index is 279. The van der Waals surface area contributed by atoms with Crippen LogP contribution in [-0.4, -0.2) is 11.3 Å². The summed E-state index contributed by atoms with van der Waals surface area (Å²) in [6, 6.07) is 7.53. The minimum absolute atomic E-state index is 0.00309. The van der Waals surface area contributed by atoms with Gasteiger partial charge in [-0.05, 0) is 40.5 Å². The van der Waals surface area contributed by atoms with Crippen LogP contribution in [-0.2, 0) is 11.2 Å². The molecule has 0 aliphatic rings. The molecule has 2 nitrogen and oxygen atoms in total. The average Bonchev–Trinajstić information content (AvgIpc) is 2.08. The lowest BCUT2D eigenvalue weighted by Crippen LogP contribution is -1.94. The van der Waals surface area contributed by atoms with E-state index in [9.17, 15) is 4.79 Å². The molecule has 0 amide bonds. The SMILES string of the molecule is CCOc1ccc(CC(=O)Br)cc1. The molecule has 0 unspecified atom stereocenters. The van der Waals surface area contributed by atoms with Gasteiger partial charge in [-0.25, -0.2) is 0 Å². The van der Waals surface area contributed by atoms with Crippen LogP contribution < -0.4 is 4.74 Å². The Labute approximate surface area is 86.0 Å². The van der Waals surface area contributed by atoms with Gasteiger partial charge in [0.1, 0.15) is 5.75 Å². The van der Waals surface area contributed by atoms with Crippen molar-refractivity contribution in [2.24, 2.45) is 0 Å². The molecule has 0 aliphatic carbocycles. The minimum Gasteiger partial charge on any atom is -0.494 e. The highest BCUT2D eigenvalue weighted by molar-refractivity contribution is 9.18. The second-order valence-corrected chi connectivity index (χ2v) is 3.49. The van der Waals surface area contributed by atoms with Crippen LogP contribution in [0.1, 0.15) is 12.5 Å². The molecular weight excluding hydrogens is 232 g/mol. The topological polar surface area (TPSA) is 26.3 Å². The van der Waals surface area contributed by atoms with E-state index in [1.54, 1.807) is 0 Å². The molecule has 13 heavy (non-hydrogen) atoms. The lowest BCUT2D eigenvalue weighted by Gasteiger charge is -2.02. The maximum Gasteiger partial charge on any atom is 0.202 e. The van der Waals surface area contributed by atoms with Gasteiger partial charge in [0.15, 0.2) is 0 Å². The van der Waals surface area contributed by atoms with Crippen LogP contribution in [0.2, 0.25) is 0 Å². The summed E-state index contributed by atoms with van der Waals surface area (Å²) in [4.78, 5) is 10.7. The van der Waals surface area contributed by atoms with Crippen molar-refractivity contribution < 1.29 is 9.53 Å². The van der Waals surface area contributed by atoms with Crippen LogP contribution >= 0.6 is 15.9 Å². The highest BCUT2D eigenvalue weighted by Gasteiger charge is 1.98. The van der Waals surface area contributed by atoms with Gasteiger partial charge in [-0.2, -0.15) is 0 Å². The summed E-state index contributed by atoms with van der Waals surface area (Å²) in [5.74, 6) is 0.841. The number of hydrogen-bond donors (Lipinski definition) is 0. The molecule has 0 heterocycles. The maximum atomic E-state index is 10.7. The van der Waals surface area contributed by atoms with Crippen molar-refractivity contribution >= 4 is 20.6 Å². The first-order valence-corrected chi connectivity index (χ1v) is 4.91. The highest BCUT2D eigenvalue weighted by atomic mass is 79.9. The number of halogens is 1. The molecule has 1 rings (SSSR count). The van der Waals surface area contributed by atoms with Crippen LogP contribution in [0.15, 0.2) is 24.3 Å². The quantitative estimate of drug-likeness (QED) is 0.759. The van der Waals surface area contributed by atoms with Gasteiger partial charge in [0.25, 0.3) is 0 Å². The normalized spacial score (nSPS) is 9.69. The summed E-state index contributed by atoms with van der Waals surface area (Å²) in [5.41, 5.74) is 0.991. The van der Waals surface area contributed by atoms with Crippen molar-refractivity contribution in [3.8, 4) is 5.75 Å². The molecule has 0 saturated carbocycles. The maximum absolute atomic E-state index is 10.7. The molecule has 0 aliphatic heterocycles. The highest BCUT2D eigenvalue weighted by Crippen LogP contribution is 2.13. The Hall–Kier alpha value is -0.830. The molecule has 0 fully saturated rings. The van der Waals surface area contributed by atoms with Gasteiger partial charge in [-0.15, -0.1) is 0 Å². The molecular formula is C10H11BrO2. The number of carbonyl (C=O) groups is 1. The fraction of sp³-hybridized carbons (Fsp3) is 0.300. The third-order valence-corrected chi connectivity index (χ3v) is 1.86. The van der Waals surface area contributed by atoms with E-state index >= 15 is 0 Å². The second kappa shape index (κ2) is 5.02. The molecule has 1 aromatic carbocycles. The Morgan fingerprint density at radius 1 is 1.38 bits per heavy atom. The smallest absolute Gasteiger partial charge is 0.202 e. The standard InChI is InChI=1S/C10H11BrO2/c1-2-13-9-5-3-8(4-6-9)7-10(11)12/h3-6H,2,7H2,1H3. The molecule has 0 atom stereocenters. The number of rotatable bonds is 4. The van der Waals surface area contributed by atoms with Gasteiger partial charge in [0.2, 0.25) is 4.69 Å². The van der Waals surface area contributed by atoms with Crippen LogP contribution in [0, 0.1) is 0 Å². The van der Waals surface area contributed by atoms with E-state index < -0.39 is 0 Å². The molecule has 0 spiro atoms. The zero-order chi connectivity index (χ0) is 9.68. The Morgan fingerprint density at radius 2 is 2.00 bits per heavy atom. The molecule has 0 radical (unpaired) electrons. The molecule has 0 aromatic heterocycles. The third kappa shape index (κ3) is 3.59. The minimum atomic E-state index is -0.00309. The van der Waals surface area contributed by atoms with Crippen molar-refractivity contribution in [2.45, 2.75) is 13.3 Å². The fourth-order valence-electron chi connectivity index (χ4n) is 1.03. The summed E-state index contributed by atoms with van der Waals surface area (Å²) in [7, 11) is 0. The molecule has 3 heteroatoms. The zero-order valence-electron chi connectivity index (χ0n) is 7.42. The lowest BCUT2D eigenvalue weighted by molar-refractivity contribution is -0.109. The van der Waals surface area contributed by atoms with E-state index in [2.05, 4.69) is 15.9 Å². The lowest BCUT2D eigenvalue weighted by atomic mass is 10.2. The van der Waals surface area contributed by atoms with E-state index in [1.807, 2.05) is 31.2 Å². The van der Waals surface area contributed by atoms with Crippen molar-refractivity contribution in [3.63, 3.8) is 0 Å². The van der Waals surface area contributed by atoms with Crippen LogP contribution in [0.25, 0.3) is 0 Å². The van der Waals surface area contributed by atoms with Gasteiger partial charge in [0.05, 0.1) is 6.61 Å². The van der Waals surface area contributed by atoms with E-state index in [0.29, 0.717) is 13.0 Å². The zero-order valence-corrected chi connectivity index (χ0v) is 9.00. The fourth-order valence-corrected chi connectivity index (χ4v) is 1.35. The number of ether oxygens (including phenoxy) is 1. The van der Waals surface area contributed by atoms with Crippen molar-refractivity contribution in [1.82, 2.24) is 0 Å². The summed E-state index contributed by atoms with van der Waals surface area (Å²) >= 11 is 2.89. The van der Waals surface area contributed by atoms with Gasteiger partial charge in [0, 0.05) is 6.42 Å². The Kier molecular flexibility index (Phi) is 3.96. The van der Waals surface area contributed by atoms with Crippen LogP contribution in [0.5, 0.6) is 5.75 Å². The van der Waals surface area contributed by atoms with Crippen LogP contribution in [0.3, 0.4) is 0 Å². The largest absolute Gasteiger partial charge is 0.494 e. The molecule has 1 aromatic rings. The summed E-state index contributed by atoms with van der Waals surface area (Å²) < 4.78 is 5.27. The predicted octanol–water partition coefficient (Wildman–Crippen LogP) is 2.55. The molecule has 70 valence electrons. The Morgan fingerprint density at radius 3 is 2.46 bits per heavy atom. The second-order valence-electron chi connectivity index (χ2n) is 2.61. The third-order valence-electron chi connectivity index (χ3n) is 1.58. The van der Waals surface area contributed by atoms with Crippen molar-refractivity contribution in [3.05, 3.63) is 29.8 Å². The summed E-state index contributed by atoms with van der Waals surface area (Å²) in [6.45, 7) is 2.60. The van der Waals surface area contributed by atoms with E-state index in [4.69, 9.17) is 4.74 Å². The van der Waals surface area contributed by atoms with Crippen molar-refractivity contribution in [1.29, 1.82) is 0 Å². The van der Waals surface area contributed by atoms with Gasteiger partial charge in [-0.3, -0.25) is 4.79 Å². The first-order chi connectivity index (χ1) is 6.22. The van der Waals surface area contributed by atoms with Gasteiger partial charge >= 0.3 is 0 Å². The predicted molar refractivity (Wildman–Crippen MR) is 55.2 cm³/mol. The van der Waals surface area contributed by atoms with Crippen LogP contribution in [0.4, 0.5) is 0 Å². The van der Waals surface area contributed by atoms with Crippen molar-refractivity contribution in [2.75, 3.05) is 6.61 Å².